The second kappa shape index (κ2) is 4.50. The molecule has 0 fully saturated rings. The molecule has 19 heavy (non-hydrogen) atoms. The Morgan fingerprint density at radius 2 is 2.21 bits per heavy atom. The van der Waals surface area contributed by atoms with Crippen LogP contribution in [-0.4, -0.2) is 25.8 Å². The number of nitrogens with zero attached hydrogens (tertiary/aromatic N) is 3. The largest absolute Gasteiger partial charge is 0.478 e. The van der Waals surface area contributed by atoms with Crippen LogP contribution in [0, 0.1) is 0 Å². The monoisotopic (exact) mass is 257 g/mol. The Kier molecular flexibility index (Phi) is 2.81. The van der Waals surface area contributed by atoms with Gasteiger partial charge < -0.3 is 5.11 Å². The fraction of sp³-hybridized carbons (Fsp3) is 0.357. The van der Waals surface area contributed by atoms with E-state index in [1.54, 1.807) is 18.2 Å². The van der Waals surface area contributed by atoms with Gasteiger partial charge in [0.25, 0.3) is 0 Å². The molecule has 0 saturated heterocycles. The first-order valence-electron chi connectivity index (χ1n) is 6.44. The SMILES string of the molecule is CC1CCCn2nc(-c3ccccc3C(=O)O)nc21. The van der Waals surface area contributed by atoms with Crippen molar-refractivity contribution in [2.45, 2.75) is 32.2 Å². The lowest BCUT2D eigenvalue weighted by Crippen LogP contribution is -2.14. The molecule has 5 nitrogen and oxygen atoms in total. The Bertz CT molecular complexity index is 633. The molecule has 1 unspecified atom stereocenters. The number of carboxylic acid groups (broad SMARTS) is 1. The highest BCUT2D eigenvalue weighted by Crippen LogP contribution is 2.28. The van der Waals surface area contributed by atoms with Crippen LogP contribution < -0.4 is 0 Å². The van der Waals surface area contributed by atoms with Crippen molar-refractivity contribution >= 4 is 5.97 Å². The average Bonchev–Trinajstić information content (AvgIpc) is 2.84. The molecule has 5 heteroatoms. The normalized spacial score (nSPS) is 18.1. The zero-order chi connectivity index (χ0) is 13.4. The molecule has 2 aromatic rings. The first kappa shape index (κ1) is 11.9. The van der Waals surface area contributed by atoms with Gasteiger partial charge in [0, 0.05) is 18.0 Å². The second-order valence-electron chi connectivity index (χ2n) is 4.91. The van der Waals surface area contributed by atoms with E-state index in [4.69, 9.17) is 0 Å². The van der Waals surface area contributed by atoms with Gasteiger partial charge in [0.2, 0.25) is 0 Å². The van der Waals surface area contributed by atoms with Gasteiger partial charge in [-0.3, -0.25) is 0 Å². The van der Waals surface area contributed by atoms with Crippen LogP contribution in [0.4, 0.5) is 0 Å². The van der Waals surface area contributed by atoms with Crippen molar-refractivity contribution in [2.75, 3.05) is 0 Å². The van der Waals surface area contributed by atoms with Gasteiger partial charge in [-0.25, -0.2) is 14.5 Å². The van der Waals surface area contributed by atoms with E-state index < -0.39 is 5.97 Å². The maximum absolute atomic E-state index is 11.2. The highest BCUT2D eigenvalue weighted by molar-refractivity contribution is 5.94. The topological polar surface area (TPSA) is 68.0 Å². The molecule has 1 aromatic carbocycles. The fourth-order valence-corrected chi connectivity index (χ4v) is 2.54. The van der Waals surface area contributed by atoms with Gasteiger partial charge in [0.15, 0.2) is 5.82 Å². The summed E-state index contributed by atoms with van der Waals surface area (Å²) in [6.07, 6.45) is 2.20. The Morgan fingerprint density at radius 3 is 2.95 bits per heavy atom. The number of hydrogen-bond acceptors (Lipinski definition) is 3. The molecular formula is C14H15N3O2. The van der Waals surface area contributed by atoms with Gasteiger partial charge in [-0.2, -0.15) is 5.10 Å². The molecule has 0 radical (unpaired) electrons. The standard InChI is InChI=1S/C14H15N3O2/c1-9-5-4-8-17-13(9)15-12(16-17)10-6-2-3-7-11(10)14(18)19/h2-3,6-7,9H,4-5,8H2,1H3,(H,18,19). The van der Waals surface area contributed by atoms with Crippen molar-refractivity contribution in [3.8, 4) is 11.4 Å². The zero-order valence-corrected chi connectivity index (χ0v) is 10.7. The number of hydrogen-bond donors (Lipinski definition) is 1. The maximum Gasteiger partial charge on any atom is 0.336 e. The first-order valence-corrected chi connectivity index (χ1v) is 6.44. The van der Waals surface area contributed by atoms with Crippen molar-refractivity contribution < 1.29 is 9.90 Å². The van der Waals surface area contributed by atoms with E-state index >= 15 is 0 Å². The summed E-state index contributed by atoms with van der Waals surface area (Å²) < 4.78 is 1.90. The molecule has 2 heterocycles. The van der Waals surface area contributed by atoms with E-state index in [2.05, 4.69) is 17.0 Å². The highest BCUT2D eigenvalue weighted by atomic mass is 16.4. The van der Waals surface area contributed by atoms with Gasteiger partial charge in [-0.1, -0.05) is 25.1 Å². The molecule has 98 valence electrons. The second-order valence-corrected chi connectivity index (χ2v) is 4.91. The molecule has 1 aliphatic rings. The third kappa shape index (κ3) is 2.01. The predicted octanol–water partition coefficient (Wildman–Crippen LogP) is 2.54. The van der Waals surface area contributed by atoms with Gasteiger partial charge in [-0.05, 0) is 18.9 Å². The molecule has 0 spiro atoms. The maximum atomic E-state index is 11.2. The summed E-state index contributed by atoms with van der Waals surface area (Å²) >= 11 is 0. The van der Waals surface area contributed by atoms with E-state index in [9.17, 15) is 9.90 Å². The molecule has 0 bridgehead atoms. The number of carbonyl (C=O) groups is 1. The van der Waals surface area contributed by atoms with Crippen LogP contribution in [0.15, 0.2) is 24.3 Å². The van der Waals surface area contributed by atoms with Crippen LogP contribution in [0.1, 0.15) is 41.9 Å². The summed E-state index contributed by atoms with van der Waals surface area (Å²) in [5, 5.41) is 13.7. The van der Waals surface area contributed by atoms with Gasteiger partial charge in [0.1, 0.15) is 5.82 Å². The number of carboxylic acids is 1. The Balaban J connectivity index is 2.11. The van der Waals surface area contributed by atoms with Crippen LogP contribution in [0.5, 0.6) is 0 Å². The van der Waals surface area contributed by atoms with Crippen LogP contribution in [0.3, 0.4) is 0 Å². The Labute approximate surface area is 110 Å². The minimum atomic E-state index is -0.948. The molecule has 0 amide bonds. The van der Waals surface area contributed by atoms with Crippen LogP contribution in [0.2, 0.25) is 0 Å². The smallest absolute Gasteiger partial charge is 0.336 e. The number of aryl methyl sites for hydroxylation is 1. The molecule has 1 aliphatic heterocycles. The number of aromatic nitrogens is 3. The fourth-order valence-electron chi connectivity index (χ4n) is 2.54. The van der Waals surface area contributed by atoms with Crippen LogP contribution >= 0.6 is 0 Å². The summed E-state index contributed by atoms with van der Waals surface area (Å²) in [6.45, 7) is 2.99. The molecule has 1 atom stereocenters. The highest BCUT2D eigenvalue weighted by Gasteiger charge is 2.22. The number of rotatable bonds is 2. The lowest BCUT2D eigenvalue weighted by Gasteiger charge is -2.17. The molecular weight excluding hydrogens is 242 g/mol. The van der Waals surface area contributed by atoms with Crippen molar-refractivity contribution in [3.05, 3.63) is 35.7 Å². The zero-order valence-electron chi connectivity index (χ0n) is 10.7. The quantitative estimate of drug-likeness (QED) is 0.897. The number of benzene rings is 1. The van der Waals surface area contributed by atoms with Gasteiger partial charge in [-0.15, -0.1) is 0 Å². The third-order valence-corrected chi connectivity index (χ3v) is 3.55. The van der Waals surface area contributed by atoms with E-state index in [1.807, 2.05) is 10.7 Å². The molecule has 0 saturated carbocycles. The molecule has 1 aromatic heterocycles. The van der Waals surface area contributed by atoms with E-state index in [1.165, 1.54) is 0 Å². The number of fused-ring (bicyclic) bond motifs is 1. The summed E-state index contributed by atoms with van der Waals surface area (Å²) in [6, 6.07) is 6.87. The van der Waals surface area contributed by atoms with Gasteiger partial charge in [0.05, 0.1) is 5.56 Å². The summed E-state index contributed by atoms with van der Waals surface area (Å²) in [7, 11) is 0. The van der Waals surface area contributed by atoms with Crippen LogP contribution in [0.25, 0.3) is 11.4 Å². The van der Waals surface area contributed by atoms with E-state index in [-0.39, 0.29) is 5.56 Å². The van der Waals surface area contributed by atoms with Gasteiger partial charge >= 0.3 is 5.97 Å². The van der Waals surface area contributed by atoms with Crippen LogP contribution in [-0.2, 0) is 6.54 Å². The summed E-state index contributed by atoms with van der Waals surface area (Å²) in [4.78, 5) is 15.8. The average molecular weight is 257 g/mol. The summed E-state index contributed by atoms with van der Waals surface area (Å²) in [5.74, 6) is 0.909. The minimum absolute atomic E-state index is 0.248. The predicted molar refractivity (Wildman–Crippen MR) is 70.1 cm³/mol. The Morgan fingerprint density at radius 1 is 1.42 bits per heavy atom. The first-order chi connectivity index (χ1) is 9.16. The number of aromatic carboxylic acids is 1. The van der Waals surface area contributed by atoms with E-state index in [0.29, 0.717) is 17.3 Å². The van der Waals surface area contributed by atoms with Crippen molar-refractivity contribution in [1.29, 1.82) is 0 Å². The lowest BCUT2D eigenvalue weighted by molar-refractivity contribution is 0.0697. The van der Waals surface area contributed by atoms with E-state index in [0.717, 1.165) is 25.2 Å². The van der Waals surface area contributed by atoms with Crippen molar-refractivity contribution in [2.24, 2.45) is 0 Å². The molecule has 3 rings (SSSR count). The molecule has 1 N–H and O–H groups in total. The summed E-state index contributed by atoms with van der Waals surface area (Å²) in [5.41, 5.74) is 0.835. The minimum Gasteiger partial charge on any atom is -0.478 e. The third-order valence-electron chi connectivity index (χ3n) is 3.55. The van der Waals surface area contributed by atoms with Crippen molar-refractivity contribution in [3.63, 3.8) is 0 Å². The Hall–Kier alpha value is -2.17. The van der Waals surface area contributed by atoms with Crippen molar-refractivity contribution in [1.82, 2.24) is 14.8 Å². The lowest BCUT2D eigenvalue weighted by atomic mass is 10.0. The molecule has 0 aliphatic carbocycles.